The predicted molar refractivity (Wildman–Crippen MR) is 77.7 cm³/mol. The van der Waals surface area contributed by atoms with Crippen molar-refractivity contribution in [3.63, 3.8) is 0 Å². The molecule has 1 fully saturated rings. The predicted octanol–water partition coefficient (Wildman–Crippen LogP) is 3.29. The van der Waals surface area contributed by atoms with E-state index >= 15 is 0 Å². The van der Waals surface area contributed by atoms with Crippen LogP contribution in [0.3, 0.4) is 0 Å². The fourth-order valence-electron chi connectivity index (χ4n) is 1.59. The Morgan fingerprint density at radius 1 is 1.59 bits per heavy atom. The first-order chi connectivity index (χ1) is 7.91. The SMILES string of the molecule is CC1CN(S(=O)(=O)c2cc(Cl)c(Br)s2)CCS1. The molecule has 2 rings (SSSR count). The maximum Gasteiger partial charge on any atom is 0.252 e. The first kappa shape index (κ1) is 14.1. The van der Waals surface area contributed by atoms with Crippen LogP contribution in [0.1, 0.15) is 6.92 Å². The molecule has 1 aliphatic heterocycles. The van der Waals surface area contributed by atoms with Crippen LogP contribution in [-0.2, 0) is 10.0 Å². The van der Waals surface area contributed by atoms with Gasteiger partial charge in [0.2, 0.25) is 0 Å². The van der Waals surface area contributed by atoms with E-state index in [2.05, 4.69) is 15.9 Å². The minimum absolute atomic E-state index is 0.313. The second-order valence-corrected chi connectivity index (χ2v) is 10.2. The summed E-state index contributed by atoms with van der Waals surface area (Å²) in [5.74, 6) is 0.848. The molecule has 17 heavy (non-hydrogen) atoms. The summed E-state index contributed by atoms with van der Waals surface area (Å²) in [6, 6.07) is 1.51. The molecule has 1 aliphatic rings. The Bertz CT molecular complexity index is 497. The standard InChI is InChI=1S/C9H11BrClNO2S3/c1-6-5-12(2-3-15-6)17(13,14)8-4-7(11)9(10)16-8/h4,6H,2-3,5H2,1H3. The Labute approximate surface area is 123 Å². The van der Waals surface area contributed by atoms with Gasteiger partial charge in [-0.1, -0.05) is 18.5 Å². The smallest absolute Gasteiger partial charge is 0.206 e. The molecule has 3 nitrogen and oxygen atoms in total. The van der Waals surface area contributed by atoms with E-state index in [0.29, 0.717) is 31.4 Å². The first-order valence-electron chi connectivity index (χ1n) is 4.98. The van der Waals surface area contributed by atoms with Gasteiger partial charge in [-0.2, -0.15) is 16.1 Å². The van der Waals surface area contributed by atoms with E-state index in [-0.39, 0.29) is 0 Å². The minimum Gasteiger partial charge on any atom is -0.206 e. The molecule has 1 aromatic heterocycles. The summed E-state index contributed by atoms with van der Waals surface area (Å²) in [5, 5.41) is 0.797. The lowest BCUT2D eigenvalue weighted by Crippen LogP contribution is -2.40. The summed E-state index contributed by atoms with van der Waals surface area (Å²) >= 11 is 12.1. The van der Waals surface area contributed by atoms with Crippen LogP contribution in [0, 0.1) is 0 Å². The molecule has 0 amide bonds. The van der Waals surface area contributed by atoms with Gasteiger partial charge in [0, 0.05) is 24.1 Å². The van der Waals surface area contributed by atoms with E-state index < -0.39 is 10.0 Å². The molecule has 0 spiro atoms. The van der Waals surface area contributed by atoms with Gasteiger partial charge in [0.25, 0.3) is 10.0 Å². The fourth-order valence-corrected chi connectivity index (χ4v) is 6.89. The third-order valence-electron chi connectivity index (χ3n) is 2.42. The lowest BCUT2D eigenvalue weighted by Gasteiger charge is -2.29. The van der Waals surface area contributed by atoms with Crippen molar-refractivity contribution in [1.29, 1.82) is 0 Å². The van der Waals surface area contributed by atoms with Crippen LogP contribution in [0.5, 0.6) is 0 Å². The van der Waals surface area contributed by atoms with Crippen LogP contribution in [-0.4, -0.2) is 36.8 Å². The number of sulfonamides is 1. The van der Waals surface area contributed by atoms with E-state index in [9.17, 15) is 8.42 Å². The van der Waals surface area contributed by atoms with E-state index in [0.717, 1.165) is 17.1 Å². The lowest BCUT2D eigenvalue weighted by molar-refractivity contribution is 0.425. The summed E-state index contributed by atoms with van der Waals surface area (Å²) < 4.78 is 27.2. The molecule has 2 heterocycles. The summed E-state index contributed by atoms with van der Waals surface area (Å²) in [7, 11) is -3.37. The summed E-state index contributed by atoms with van der Waals surface area (Å²) in [6.07, 6.45) is 0. The normalized spacial score (nSPS) is 22.9. The molecule has 1 saturated heterocycles. The zero-order valence-electron chi connectivity index (χ0n) is 9.02. The molecule has 8 heteroatoms. The highest BCUT2D eigenvalue weighted by Crippen LogP contribution is 2.36. The molecule has 0 aromatic carbocycles. The Kier molecular flexibility index (Phi) is 4.48. The Balaban J connectivity index is 2.29. The van der Waals surface area contributed by atoms with Gasteiger partial charge >= 0.3 is 0 Å². The summed E-state index contributed by atoms with van der Waals surface area (Å²) in [4.78, 5) is 0. The van der Waals surface area contributed by atoms with Gasteiger partial charge in [0.15, 0.2) is 0 Å². The topological polar surface area (TPSA) is 37.4 Å². The first-order valence-corrected chi connectivity index (χ1v) is 9.45. The zero-order chi connectivity index (χ0) is 12.6. The van der Waals surface area contributed by atoms with Crippen LogP contribution in [0.15, 0.2) is 14.1 Å². The Morgan fingerprint density at radius 3 is 2.82 bits per heavy atom. The van der Waals surface area contributed by atoms with Gasteiger partial charge in [-0.3, -0.25) is 0 Å². The molecule has 0 saturated carbocycles. The fraction of sp³-hybridized carbons (Fsp3) is 0.556. The number of thiophene rings is 1. The number of halogens is 2. The second kappa shape index (κ2) is 5.38. The van der Waals surface area contributed by atoms with Gasteiger partial charge in [-0.05, 0) is 22.0 Å². The van der Waals surface area contributed by atoms with Crippen LogP contribution in [0.4, 0.5) is 0 Å². The highest BCUT2D eigenvalue weighted by Gasteiger charge is 2.30. The van der Waals surface area contributed by atoms with Crippen molar-refractivity contribution >= 4 is 60.7 Å². The summed E-state index contributed by atoms with van der Waals surface area (Å²) in [6.45, 7) is 3.19. The molecule has 0 aliphatic carbocycles. The van der Waals surface area contributed by atoms with Crippen molar-refractivity contribution in [3.8, 4) is 0 Å². The molecular formula is C9H11BrClNO2S3. The van der Waals surface area contributed by atoms with Gasteiger partial charge < -0.3 is 0 Å². The van der Waals surface area contributed by atoms with E-state index in [1.54, 1.807) is 16.1 Å². The van der Waals surface area contributed by atoms with Crippen LogP contribution >= 0.6 is 50.6 Å². The lowest BCUT2D eigenvalue weighted by atomic mass is 10.4. The Hall–Kier alpha value is 0.730. The van der Waals surface area contributed by atoms with Crippen LogP contribution in [0.2, 0.25) is 5.02 Å². The zero-order valence-corrected chi connectivity index (χ0v) is 13.8. The second-order valence-electron chi connectivity index (χ2n) is 3.73. The van der Waals surface area contributed by atoms with Gasteiger partial charge in [0.05, 0.1) is 8.81 Å². The van der Waals surface area contributed by atoms with Gasteiger partial charge in [-0.15, -0.1) is 11.3 Å². The maximum atomic E-state index is 12.3. The van der Waals surface area contributed by atoms with Crippen molar-refractivity contribution in [1.82, 2.24) is 4.31 Å². The highest BCUT2D eigenvalue weighted by molar-refractivity contribution is 9.11. The molecule has 1 aromatic rings. The number of nitrogens with zero attached hydrogens (tertiary/aromatic N) is 1. The molecule has 0 N–H and O–H groups in total. The average molecular weight is 377 g/mol. The number of thioether (sulfide) groups is 1. The van der Waals surface area contributed by atoms with Crippen LogP contribution in [0.25, 0.3) is 0 Å². The number of hydrogen-bond donors (Lipinski definition) is 0. The molecule has 0 radical (unpaired) electrons. The quantitative estimate of drug-likeness (QED) is 0.795. The average Bonchev–Trinajstić information content (AvgIpc) is 2.60. The van der Waals surface area contributed by atoms with Crippen molar-refractivity contribution in [2.24, 2.45) is 0 Å². The van der Waals surface area contributed by atoms with Crippen molar-refractivity contribution < 1.29 is 8.42 Å². The molecular weight excluding hydrogens is 366 g/mol. The minimum atomic E-state index is -3.37. The van der Waals surface area contributed by atoms with Gasteiger partial charge in [-0.25, -0.2) is 8.42 Å². The third-order valence-corrected chi connectivity index (χ3v) is 8.35. The van der Waals surface area contributed by atoms with E-state index in [1.807, 2.05) is 6.92 Å². The maximum absolute atomic E-state index is 12.3. The number of rotatable bonds is 2. The van der Waals surface area contributed by atoms with Gasteiger partial charge in [0.1, 0.15) is 4.21 Å². The van der Waals surface area contributed by atoms with Crippen molar-refractivity contribution in [2.45, 2.75) is 16.4 Å². The van der Waals surface area contributed by atoms with Crippen molar-refractivity contribution in [2.75, 3.05) is 18.8 Å². The largest absolute Gasteiger partial charge is 0.252 e. The molecule has 96 valence electrons. The molecule has 0 bridgehead atoms. The molecule has 1 atom stereocenters. The highest BCUT2D eigenvalue weighted by atomic mass is 79.9. The third kappa shape index (κ3) is 3.01. The number of hydrogen-bond acceptors (Lipinski definition) is 4. The van der Waals surface area contributed by atoms with E-state index in [1.165, 1.54) is 6.07 Å². The molecule has 1 unspecified atom stereocenters. The monoisotopic (exact) mass is 375 g/mol. The van der Waals surface area contributed by atoms with E-state index in [4.69, 9.17) is 11.6 Å². The summed E-state index contributed by atoms with van der Waals surface area (Å²) in [5.41, 5.74) is 0. The van der Waals surface area contributed by atoms with Crippen LogP contribution < -0.4 is 0 Å². The Morgan fingerprint density at radius 2 is 2.29 bits per heavy atom. The van der Waals surface area contributed by atoms with Crippen molar-refractivity contribution in [3.05, 3.63) is 14.9 Å².